The predicted molar refractivity (Wildman–Crippen MR) is 46.0 cm³/mol. The molecule has 4 heteroatoms. The van der Waals surface area contributed by atoms with Crippen LogP contribution in [0.1, 0.15) is 24.1 Å². The van der Waals surface area contributed by atoms with Crippen molar-refractivity contribution < 1.29 is 8.78 Å². The van der Waals surface area contributed by atoms with Gasteiger partial charge in [-0.2, -0.15) is 0 Å². The van der Waals surface area contributed by atoms with Crippen LogP contribution in [-0.2, 0) is 6.42 Å². The summed E-state index contributed by atoms with van der Waals surface area (Å²) in [5, 5.41) is 3.08. The molecule has 1 aliphatic heterocycles. The van der Waals surface area contributed by atoms with Crippen LogP contribution in [0.25, 0.3) is 0 Å². The van der Waals surface area contributed by atoms with Crippen LogP contribution in [0.3, 0.4) is 0 Å². The molecule has 0 unspecified atom stereocenters. The Balaban J connectivity index is 2.46. The molecule has 0 spiro atoms. The van der Waals surface area contributed by atoms with Gasteiger partial charge in [0.05, 0.1) is 0 Å². The summed E-state index contributed by atoms with van der Waals surface area (Å²) in [6, 6.07) is 1.75. The van der Waals surface area contributed by atoms with E-state index in [2.05, 4.69) is 10.3 Å². The lowest BCUT2D eigenvalue weighted by atomic mass is 10.0. The van der Waals surface area contributed by atoms with E-state index in [1.165, 1.54) is 6.20 Å². The SMILES string of the molecule is FC(F)c1nccc2c1CCCN2. The number of fused-ring (bicyclic) bond motifs is 1. The number of halogens is 2. The first-order valence-corrected chi connectivity index (χ1v) is 4.29. The summed E-state index contributed by atoms with van der Waals surface area (Å²) in [5.74, 6) is 0. The molecule has 1 N–H and O–H groups in total. The fourth-order valence-corrected chi connectivity index (χ4v) is 1.61. The number of hydrogen-bond donors (Lipinski definition) is 1. The number of nitrogens with one attached hydrogen (secondary N) is 1. The minimum Gasteiger partial charge on any atom is -0.385 e. The molecule has 0 aromatic carbocycles. The van der Waals surface area contributed by atoms with Crippen LogP contribution in [0.4, 0.5) is 14.5 Å². The Morgan fingerprint density at radius 3 is 3.08 bits per heavy atom. The third-order valence-electron chi connectivity index (χ3n) is 2.21. The molecule has 2 rings (SSSR count). The summed E-state index contributed by atoms with van der Waals surface area (Å²) in [4.78, 5) is 3.70. The maximum Gasteiger partial charge on any atom is 0.280 e. The zero-order valence-corrected chi connectivity index (χ0v) is 7.06. The van der Waals surface area contributed by atoms with Crippen molar-refractivity contribution in [3.63, 3.8) is 0 Å². The molecule has 0 bridgehead atoms. The van der Waals surface area contributed by atoms with Crippen molar-refractivity contribution in [2.75, 3.05) is 11.9 Å². The number of aromatic nitrogens is 1. The third kappa shape index (κ3) is 1.48. The monoisotopic (exact) mass is 184 g/mol. The van der Waals surface area contributed by atoms with E-state index in [0.717, 1.165) is 18.7 Å². The number of pyridine rings is 1. The highest BCUT2D eigenvalue weighted by atomic mass is 19.3. The predicted octanol–water partition coefficient (Wildman–Crippen LogP) is 2.38. The highest BCUT2D eigenvalue weighted by Gasteiger charge is 2.19. The second-order valence-corrected chi connectivity index (χ2v) is 3.05. The lowest BCUT2D eigenvalue weighted by Crippen LogP contribution is -2.14. The molecule has 2 nitrogen and oxygen atoms in total. The van der Waals surface area contributed by atoms with Crippen molar-refractivity contribution in [3.8, 4) is 0 Å². The maximum absolute atomic E-state index is 12.5. The quantitative estimate of drug-likeness (QED) is 0.724. The van der Waals surface area contributed by atoms with E-state index in [1.807, 2.05) is 0 Å². The first-order chi connectivity index (χ1) is 6.29. The Kier molecular flexibility index (Phi) is 2.12. The number of hydrogen-bond acceptors (Lipinski definition) is 2. The van der Waals surface area contributed by atoms with Crippen LogP contribution in [-0.4, -0.2) is 11.5 Å². The molecule has 0 aliphatic carbocycles. The molecular formula is C9H10F2N2. The molecule has 70 valence electrons. The Morgan fingerprint density at radius 1 is 1.46 bits per heavy atom. The molecule has 0 saturated heterocycles. The fraction of sp³-hybridized carbons (Fsp3) is 0.444. The largest absolute Gasteiger partial charge is 0.385 e. The van der Waals surface area contributed by atoms with Crippen LogP contribution in [0, 0.1) is 0 Å². The van der Waals surface area contributed by atoms with E-state index in [9.17, 15) is 8.78 Å². The number of anilines is 1. The average molecular weight is 184 g/mol. The van der Waals surface area contributed by atoms with Gasteiger partial charge in [0.1, 0.15) is 5.69 Å². The van der Waals surface area contributed by atoms with Crippen molar-refractivity contribution in [1.82, 2.24) is 4.98 Å². The molecule has 1 aromatic heterocycles. The lowest BCUT2D eigenvalue weighted by molar-refractivity contribution is 0.145. The van der Waals surface area contributed by atoms with Gasteiger partial charge in [-0.3, -0.25) is 4.98 Å². The molecule has 1 aromatic rings. The molecule has 0 fully saturated rings. The minimum absolute atomic E-state index is 0.0651. The summed E-state index contributed by atoms with van der Waals surface area (Å²) < 4.78 is 24.9. The third-order valence-corrected chi connectivity index (χ3v) is 2.21. The smallest absolute Gasteiger partial charge is 0.280 e. The molecule has 0 atom stereocenters. The summed E-state index contributed by atoms with van der Waals surface area (Å²) >= 11 is 0. The standard InChI is InChI=1S/C9H10F2N2/c10-9(11)8-6-2-1-4-12-7(6)3-5-13-8/h3,5,9,12H,1-2,4H2. The van der Waals surface area contributed by atoms with Gasteiger partial charge in [0.15, 0.2) is 0 Å². The van der Waals surface area contributed by atoms with Gasteiger partial charge in [-0.05, 0) is 18.9 Å². The van der Waals surface area contributed by atoms with Crippen molar-refractivity contribution in [1.29, 1.82) is 0 Å². The lowest BCUT2D eigenvalue weighted by Gasteiger charge is -2.19. The van der Waals surface area contributed by atoms with Crippen LogP contribution in [0.5, 0.6) is 0 Å². The first kappa shape index (κ1) is 8.41. The Bertz CT molecular complexity index is 312. The highest BCUT2D eigenvalue weighted by Crippen LogP contribution is 2.29. The molecule has 2 heterocycles. The Morgan fingerprint density at radius 2 is 2.31 bits per heavy atom. The van der Waals surface area contributed by atoms with Gasteiger partial charge in [-0.1, -0.05) is 0 Å². The number of nitrogens with zero attached hydrogens (tertiary/aromatic N) is 1. The summed E-state index contributed by atoms with van der Waals surface area (Å²) in [5.41, 5.74) is 1.44. The maximum atomic E-state index is 12.5. The normalized spacial score (nSPS) is 15.3. The van der Waals surface area contributed by atoms with Crippen LogP contribution < -0.4 is 5.32 Å². The molecule has 13 heavy (non-hydrogen) atoms. The fourth-order valence-electron chi connectivity index (χ4n) is 1.61. The van der Waals surface area contributed by atoms with Crippen molar-refractivity contribution in [2.45, 2.75) is 19.3 Å². The van der Waals surface area contributed by atoms with E-state index in [-0.39, 0.29) is 5.69 Å². The molecule has 0 amide bonds. The molecular weight excluding hydrogens is 174 g/mol. The van der Waals surface area contributed by atoms with Gasteiger partial charge >= 0.3 is 0 Å². The average Bonchev–Trinajstić information content (AvgIpc) is 2.17. The van der Waals surface area contributed by atoms with E-state index < -0.39 is 6.43 Å². The highest BCUT2D eigenvalue weighted by molar-refractivity contribution is 5.54. The van der Waals surface area contributed by atoms with E-state index in [1.54, 1.807) is 6.07 Å². The zero-order chi connectivity index (χ0) is 9.26. The van der Waals surface area contributed by atoms with Crippen LogP contribution in [0.15, 0.2) is 12.3 Å². The number of rotatable bonds is 1. The molecule has 0 saturated carbocycles. The van der Waals surface area contributed by atoms with Crippen molar-refractivity contribution in [2.24, 2.45) is 0 Å². The van der Waals surface area contributed by atoms with Crippen molar-refractivity contribution >= 4 is 5.69 Å². The van der Waals surface area contributed by atoms with Gasteiger partial charge in [0.25, 0.3) is 6.43 Å². The minimum atomic E-state index is -2.46. The topological polar surface area (TPSA) is 24.9 Å². The van der Waals surface area contributed by atoms with Crippen LogP contribution in [0.2, 0.25) is 0 Å². The van der Waals surface area contributed by atoms with Gasteiger partial charge in [0.2, 0.25) is 0 Å². The van der Waals surface area contributed by atoms with E-state index in [4.69, 9.17) is 0 Å². The second kappa shape index (κ2) is 3.28. The molecule has 1 aliphatic rings. The van der Waals surface area contributed by atoms with Crippen LogP contribution >= 0.6 is 0 Å². The summed E-state index contributed by atoms with van der Waals surface area (Å²) in [6.07, 6.45) is 0.572. The molecule has 0 radical (unpaired) electrons. The van der Waals surface area contributed by atoms with E-state index >= 15 is 0 Å². The van der Waals surface area contributed by atoms with Crippen molar-refractivity contribution in [3.05, 3.63) is 23.5 Å². The first-order valence-electron chi connectivity index (χ1n) is 4.29. The summed E-state index contributed by atoms with van der Waals surface area (Å²) in [7, 11) is 0. The Labute approximate surface area is 75.0 Å². The zero-order valence-electron chi connectivity index (χ0n) is 7.06. The summed E-state index contributed by atoms with van der Waals surface area (Å²) in [6.45, 7) is 0.861. The second-order valence-electron chi connectivity index (χ2n) is 3.05. The Hall–Kier alpha value is -1.19. The van der Waals surface area contributed by atoms with Gasteiger partial charge < -0.3 is 5.32 Å². The number of alkyl halides is 2. The van der Waals surface area contributed by atoms with E-state index in [0.29, 0.717) is 12.0 Å². The van der Waals surface area contributed by atoms with Gasteiger partial charge in [0, 0.05) is 24.0 Å². The van der Waals surface area contributed by atoms with Gasteiger partial charge in [-0.25, -0.2) is 8.78 Å². The van der Waals surface area contributed by atoms with Gasteiger partial charge in [-0.15, -0.1) is 0 Å².